The first kappa shape index (κ1) is 14.3. The summed E-state index contributed by atoms with van der Waals surface area (Å²) in [6, 6.07) is 9.03. The maximum atomic E-state index is 13.0. The number of carbonyl (C=O) groups is 1. The van der Waals surface area contributed by atoms with E-state index in [4.69, 9.17) is 5.26 Å². The highest BCUT2D eigenvalue weighted by Gasteiger charge is 2.36. The number of aromatic nitrogens is 1. The molecule has 2 atom stereocenters. The summed E-state index contributed by atoms with van der Waals surface area (Å²) in [6.45, 7) is 0.216. The zero-order valence-electron chi connectivity index (χ0n) is 11.7. The normalized spacial score (nSPS) is 20.9. The first-order chi connectivity index (χ1) is 10.6. The van der Waals surface area contributed by atoms with Gasteiger partial charge in [-0.3, -0.25) is 4.79 Å². The predicted octanol–water partition coefficient (Wildman–Crippen LogP) is 1.97. The van der Waals surface area contributed by atoms with Crippen LogP contribution in [0.3, 0.4) is 0 Å². The Morgan fingerprint density at radius 2 is 2.14 bits per heavy atom. The number of rotatable bonds is 2. The van der Waals surface area contributed by atoms with Crippen molar-refractivity contribution in [2.24, 2.45) is 0 Å². The number of nitrogens with zero attached hydrogens (tertiary/aromatic N) is 2. The second-order valence-corrected chi connectivity index (χ2v) is 5.33. The van der Waals surface area contributed by atoms with E-state index in [0.29, 0.717) is 17.7 Å². The van der Waals surface area contributed by atoms with Crippen LogP contribution < -0.4 is 0 Å². The molecule has 1 aromatic heterocycles. The van der Waals surface area contributed by atoms with E-state index in [0.717, 1.165) is 5.56 Å². The number of aliphatic hydroxyl groups excluding tert-OH is 1. The fourth-order valence-corrected chi connectivity index (χ4v) is 2.79. The molecule has 1 aliphatic rings. The highest BCUT2D eigenvalue weighted by molar-refractivity contribution is 5.95. The molecule has 3 rings (SSSR count). The Morgan fingerprint density at radius 1 is 1.41 bits per heavy atom. The summed E-state index contributed by atoms with van der Waals surface area (Å²) in [5.41, 5.74) is 1.46. The number of likely N-dealkylation sites (tertiary alicyclic amines) is 1. The van der Waals surface area contributed by atoms with Crippen molar-refractivity contribution in [1.29, 1.82) is 5.26 Å². The third-order valence-corrected chi connectivity index (χ3v) is 3.85. The summed E-state index contributed by atoms with van der Waals surface area (Å²) >= 11 is 0. The van der Waals surface area contributed by atoms with Gasteiger partial charge in [0, 0.05) is 12.7 Å². The summed E-state index contributed by atoms with van der Waals surface area (Å²) in [6.07, 6.45) is 1.27. The molecule has 2 heterocycles. The topological polar surface area (TPSA) is 80.1 Å². The standard InChI is InChI=1S/C16H14FN3O2/c17-12-3-1-10(2-4-12)15-6-14(21)9-20(15)16(22)11-5-13(7-18)19-8-11/h1-5,8,14-15,19,21H,6,9H2/t14-,15+/m1/s1. The number of aromatic amines is 1. The molecule has 0 bridgehead atoms. The van der Waals surface area contributed by atoms with E-state index >= 15 is 0 Å². The number of nitrogens with one attached hydrogen (secondary N) is 1. The number of benzene rings is 1. The van der Waals surface area contributed by atoms with Crippen molar-refractivity contribution in [1.82, 2.24) is 9.88 Å². The van der Waals surface area contributed by atoms with Crippen molar-refractivity contribution in [3.63, 3.8) is 0 Å². The largest absolute Gasteiger partial charge is 0.391 e. The van der Waals surface area contributed by atoms with Gasteiger partial charge in [-0.25, -0.2) is 4.39 Å². The molecule has 1 fully saturated rings. The minimum Gasteiger partial charge on any atom is -0.391 e. The Bertz CT molecular complexity index is 733. The average Bonchev–Trinajstić information content (AvgIpc) is 3.14. The van der Waals surface area contributed by atoms with Crippen LogP contribution in [0, 0.1) is 17.1 Å². The fourth-order valence-electron chi connectivity index (χ4n) is 2.79. The number of hydrogen-bond acceptors (Lipinski definition) is 3. The van der Waals surface area contributed by atoms with Crippen molar-refractivity contribution in [2.75, 3.05) is 6.54 Å². The Kier molecular flexibility index (Phi) is 3.65. The van der Waals surface area contributed by atoms with E-state index in [9.17, 15) is 14.3 Å². The lowest BCUT2D eigenvalue weighted by Gasteiger charge is -2.24. The second kappa shape index (κ2) is 5.62. The molecule has 0 spiro atoms. The summed E-state index contributed by atoms with van der Waals surface area (Å²) in [4.78, 5) is 16.9. The van der Waals surface area contributed by atoms with E-state index in [1.807, 2.05) is 6.07 Å². The molecule has 6 heteroatoms. The lowest BCUT2D eigenvalue weighted by atomic mass is 10.0. The van der Waals surface area contributed by atoms with Gasteiger partial charge in [-0.15, -0.1) is 0 Å². The Balaban J connectivity index is 1.88. The van der Waals surface area contributed by atoms with Gasteiger partial charge in [-0.1, -0.05) is 12.1 Å². The first-order valence-electron chi connectivity index (χ1n) is 6.91. The molecule has 2 aromatic rings. The molecule has 0 saturated carbocycles. The fraction of sp³-hybridized carbons (Fsp3) is 0.250. The molecule has 1 aliphatic heterocycles. The molecule has 1 amide bonds. The number of amides is 1. The van der Waals surface area contributed by atoms with Gasteiger partial charge in [0.1, 0.15) is 17.6 Å². The van der Waals surface area contributed by atoms with Crippen LogP contribution in [-0.4, -0.2) is 33.5 Å². The van der Waals surface area contributed by atoms with Crippen molar-refractivity contribution < 1.29 is 14.3 Å². The molecule has 1 aromatic carbocycles. The molecule has 0 radical (unpaired) electrons. The monoisotopic (exact) mass is 299 g/mol. The maximum absolute atomic E-state index is 13.0. The van der Waals surface area contributed by atoms with Gasteiger partial charge in [0.25, 0.3) is 5.91 Å². The molecule has 1 saturated heterocycles. The van der Waals surface area contributed by atoms with E-state index in [-0.39, 0.29) is 24.3 Å². The SMILES string of the molecule is N#Cc1cc(C(=O)N2C[C@H](O)C[C@H]2c2ccc(F)cc2)c[nH]1. The lowest BCUT2D eigenvalue weighted by Crippen LogP contribution is -2.31. The van der Waals surface area contributed by atoms with Crippen molar-refractivity contribution in [3.8, 4) is 6.07 Å². The van der Waals surface area contributed by atoms with Crippen LogP contribution >= 0.6 is 0 Å². The van der Waals surface area contributed by atoms with Gasteiger partial charge >= 0.3 is 0 Å². The van der Waals surface area contributed by atoms with Crippen LogP contribution in [0.15, 0.2) is 36.5 Å². The minimum atomic E-state index is -0.617. The number of β-amino-alcohol motifs (C(OH)–C–C–N with tert-alkyl or cyclic N) is 1. The van der Waals surface area contributed by atoms with Crippen LogP contribution in [0.2, 0.25) is 0 Å². The molecule has 5 nitrogen and oxygen atoms in total. The highest BCUT2D eigenvalue weighted by Crippen LogP contribution is 2.33. The number of halogens is 1. The Morgan fingerprint density at radius 3 is 2.77 bits per heavy atom. The van der Waals surface area contributed by atoms with Crippen LogP contribution in [0.4, 0.5) is 4.39 Å². The number of aliphatic hydroxyl groups is 1. The van der Waals surface area contributed by atoms with E-state index in [2.05, 4.69) is 4.98 Å². The number of hydrogen-bond donors (Lipinski definition) is 2. The summed E-state index contributed by atoms with van der Waals surface area (Å²) in [5.74, 6) is -0.604. The van der Waals surface area contributed by atoms with Gasteiger partial charge in [-0.2, -0.15) is 5.26 Å². The van der Waals surface area contributed by atoms with Crippen molar-refractivity contribution >= 4 is 5.91 Å². The molecule has 0 aliphatic carbocycles. The van der Waals surface area contributed by atoms with E-state index in [1.165, 1.54) is 24.4 Å². The van der Waals surface area contributed by atoms with Gasteiger partial charge in [0.05, 0.1) is 17.7 Å². The van der Waals surface area contributed by atoms with Gasteiger partial charge in [-0.05, 0) is 30.2 Å². The summed E-state index contributed by atoms with van der Waals surface area (Å²) < 4.78 is 13.0. The summed E-state index contributed by atoms with van der Waals surface area (Å²) in [7, 11) is 0. The van der Waals surface area contributed by atoms with Crippen LogP contribution in [0.5, 0.6) is 0 Å². The third kappa shape index (κ3) is 2.59. The van der Waals surface area contributed by atoms with Crippen LogP contribution in [0.25, 0.3) is 0 Å². The van der Waals surface area contributed by atoms with Crippen molar-refractivity contribution in [2.45, 2.75) is 18.6 Å². The van der Waals surface area contributed by atoms with Crippen LogP contribution in [0.1, 0.15) is 34.1 Å². The maximum Gasteiger partial charge on any atom is 0.256 e. The van der Waals surface area contributed by atoms with Crippen LogP contribution in [-0.2, 0) is 0 Å². The predicted molar refractivity (Wildman–Crippen MR) is 76.3 cm³/mol. The highest BCUT2D eigenvalue weighted by atomic mass is 19.1. The van der Waals surface area contributed by atoms with E-state index in [1.54, 1.807) is 17.0 Å². The zero-order valence-corrected chi connectivity index (χ0v) is 11.7. The van der Waals surface area contributed by atoms with E-state index < -0.39 is 6.10 Å². The Hall–Kier alpha value is -2.65. The number of H-pyrrole nitrogens is 1. The van der Waals surface area contributed by atoms with Gasteiger partial charge < -0.3 is 15.0 Å². The average molecular weight is 299 g/mol. The quantitative estimate of drug-likeness (QED) is 0.889. The van der Waals surface area contributed by atoms with Gasteiger partial charge in [0.15, 0.2) is 0 Å². The minimum absolute atomic E-state index is 0.216. The molecule has 112 valence electrons. The zero-order chi connectivity index (χ0) is 15.7. The Labute approximate surface area is 126 Å². The van der Waals surface area contributed by atoms with Gasteiger partial charge in [0.2, 0.25) is 0 Å². The molecule has 22 heavy (non-hydrogen) atoms. The lowest BCUT2D eigenvalue weighted by molar-refractivity contribution is 0.0716. The molecular weight excluding hydrogens is 285 g/mol. The number of nitriles is 1. The second-order valence-electron chi connectivity index (χ2n) is 5.33. The molecular formula is C16H14FN3O2. The third-order valence-electron chi connectivity index (χ3n) is 3.85. The number of carbonyl (C=O) groups excluding carboxylic acids is 1. The first-order valence-corrected chi connectivity index (χ1v) is 6.91. The summed E-state index contributed by atoms with van der Waals surface area (Å²) in [5, 5.41) is 18.7. The smallest absolute Gasteiger partial charge is 0.256 e. The van der Waals surface area contributed by atoms with Crippen molar-refractivity contribution in [3.05, 3.63) is 59.2 Å². The molecule has 2 N–H and O–H groups in total. The molecule has 0 unspecified atom stereocenters.